The van der Waals surface area contributed by atoms with Gasteiger partial charge in [-0.2, -0.15) is 0 Å². The van der Waals surface area contributed by atoms with Gasteiger partial charge in [0.15, 0.2) is 5.82 Å². The van der Waals surface area contributed by atoms with Crippen molar-refractivity contribution in [1.29, 1.82) is 0 Å². The van der Waals surface area contributed by atoms with Crippen molar-refractivity contribution in [1.82, 2.24) is 15.0 Å². The zero-order valence-corrected chi connectivity index (χ0v) is 15.3. The molecule has 130 valence electrons. The zero-order chi connectivity index (χ0) is 18.4. The molecule has 2 aromatic carbocycles. The largest absolute Gasteiger partial charge is 0.373 e. The van der Waals surface area contributed by atoms with Crippen LogP contribution in [0.3, 0.4) is 0 Å². The fourth-order valence-corrected chi connectivity index (χ4v) is 2.75. The Morgan fingerprint density at radius 1 is 0.769 bits per heavy atom. The van der Waals surface area contributed by atoms with E-state index in [-0.39, 0.29) is 0 Å². The summed E-state index contributed by atoms with van der Waals surface area (Å²) in [4.78, 5) is 13.5. The van der Waals surface area contributed by atoms with Gasteiger partial charge in [-0.3, -0.25) is 4.98 Å². The van der Waals surface area contributed by atoms with E-state index in [1.807, 2.05) is 57.3 Å². The predicted molar refractivity (Wildman–Crippen MR) is 109 cm³/mol. The van der Waals surface area contributed by atoms with Crippen LogP contribution >= 0.6 is 0 Å². The van der Waals surface area contributed by atoms with E-state index >= 15 is 0 Å². The van der Waals surface area contributed by atoms with E-state index in [2.05, 4.69) is 39.6 Å². The molecule has 4 heteroatoms. The van der Waals surface area contributed by atoms with E-state index in [4.69, 9.17) is 4.98 Å². The molecule has 0 aliphatic heterocycles. The minimum atomic E-state index is 0.674. The lowest BCUT2D eigenvalue weighted by atomic mass is 10.0. The van der Waals surface area contributed by atoms with E-state index < -0.39 is 0 Å². The first kappa shape index (κ1) is 17.5. The first-order valence-corrected chi connectivity index (χ1v) is 8.80. The summed E-state index contributed by atoms with van der Waals surface area (Å²) >= 11 is 0. The zero-order valence-electron chi connectivity index (χ0n) is 15.3. The highest BCUT2D eigenvalue weighted by molar-refractivity contribution is 5.93. The first-order valence-electron chi connectivity index (χ1n) is 8.80. The van der Waals surface area contributed by atoms with Crippen molar-refractivity contribution in [2.45, 2.75) is 13.8 Å². The van der Waals surface area contributed by atoms with Gasteiger partial charge in [0.25, 0.3) is 0 Å². The van der Waals surface area contributed by atoms with Gasteiger partial charge < -0.3 is 5.32 Å². The number of nitrogens with zero attached hydrogens (tertiary/aromatic N) is 3. The number of aromatic nitrogens is 3. The fourth-order valence-electron chi connectivity index (χ4n) is 2.75. The maximum absolute atomic E-state index is 4.70. The molecule has 0 spiro atoms. The van der Waals surface area contributed by atoms with Gasteiger partial charge in [-0.15, -0.1) is 0 Å². The molecule has 2 heterocycles. The van der Waals surface area contributed by atoms with Gasteiger partial charge in [-0.05, 0) is 35.4 Å². The lowest BCUT2D eigenvalue weighted by molar-refractivity contribution is 1.20. The van der Waals surface area contributed by atoms with E-state index in [1.54, 1.807) is 12.4 Å². The standard InChI is InChI=1S/C20H16N4.C2H6/c1-21-20-17-12-15(14-6-3-2-4-7-14)9-10-18(17)23-19(24-20)16-8-5-11-22-13-16;1-2/h2-13H,1H3,(H,21,23,24);1-2H3. The summed E-state index contributed by atoms with van der Waals surface area (Å²) < 4.78 is 0. The first-order chi connectivity index (χ1) is 12.8. The third kappa shape index (κ3) is 3.54. The van der Waals surface area contributed by atoms with Crippen molar-refractivity contribution in [3.63, 3.8) is 0 Å². The maximum atomic E-state index is 4.70. The topological polar surface area (TPSA) is 50.7 Å². The molecule has 4 nitrogen and oxygen atoms in total. The lowest BCUT2D eigenvalue weighted by Crippen LogP contribution is -1.99. The highest BCUT2D eigenvalue weighted by Crippen LogP contribution is 2.29. The number of rotatable bonds is 3. The van der Waals surface area contributed by atoms with Gasteiger partial charge in [0.05, 0.1) is 5.52 Å². The molecule has 0 saturated heterocycles. The number of hydrogen-bond acceptors (Lipinski definition) is 4. The maximum Gasteiger partial charge on any atom is 0.163 e. The quantitative estimate of drug-likeness (QED) is 0.539. The van der Waals surface area contributed by atoms with Crippen molar-refractivity contribution >= 4 is 16.7 Å². The van der Waals surface area contributed by atoms with Gasteiger partial charge in [-0.25, -0.2) is 9.97 Å². The van der Waals surface area contributed by atoms with Crippen molar-refractivity contribution < 1.29 is 0 Å². The summed E-state index contributed by atoms with van der Waals surface area (Å²) in [5.74, 6) is 1.49. The minimum absolute atomic E-state index is 0.674. The van der Waals surface area contributed by atoms with Crippen LogP contribution in [0.15, 0.2) is 73.1 Å². The molecule has 4 rings (SSSR count). The summed E-state index contributed by atoms with van der Waals surface area (Å²) in [7, 11) is 1.88. The number of pyridine rings is 1. The molecule has 0 amide bonds. The van der Waals surface area contributed by atoms with Crippen LogP contribution in [0.5, 0.6) is 0 Å². The lowest BCUT2D eigenvalue weighted by Gasteiger charge is -2.10. The van der Waals surface area contributed by atoms with Crippen LogP contribution in [-0.4, -0.2) is 22.0 Å². The number of fused-ring (bicyclic) bond motifs is 1. The summed E-state index contributed by atoms with van der Waals surface area (Å²) in [5.41, 5.74) is 4.14. The number of benzene rings is 2. The molecule has 0 bridgehead atoms. The van der Waals surface area contributed by atoms with Gasteiger partial charge >= 0.3 is 0 Å². The van der Waals surface area contributed by atoms with E-state index in [0.29, 0.717) is 5.82 Å². The Labute approximate surface area is 154 Å². The van der Waals surface area contributed by atoms with Crippen LogP contribution in [0.4, 0.5) is 5.82 Å². The number of anilines is 1. The Kier molecular flexibility index (Phi) is 5.54. The molecule has 4 aromatic rings. The average Bonchev–Trinajstić information content (AvgIpc) is 2.75. The predicted octanol–water partition coefficient (Wildman–Crippen LogP) is 5.43. The van der Waals surface area contributed by atoms with Crippen LogP contribution in [0.25, 0.3) is 33.4 Å². The summed E-state index contributed by atoms with van der Waals surface area (Å²) in [6, 6.07) is 20.4. The second-order valence-corrected chi connectivity index (χ2v) is 5.49. The van der Waals surface area contributed by atoms with E-state index in [0.717, 1.165) is 27.8 Å². The Hall–Kier alpha value is -3.27. The molecule has 0 aliphatic rings. The average molecular weight is 342 g/mol. The molecule has 0 saturated carbocycles. The highest BCUT2D eigenvalue weighted by atomic mass is 15.0. The molecule has 0 unspecified atom stereocenters. The van der Waals surface area contributed by atoms with E-state index in [9.17, 15) is 0 Å². The molecule has 2 aromatic heterocycles. The molecular weight excluding hydrogens is 320 g/mol. The smallest absolute Gasteiger partial charge is 0.163 e. The number of nitrogens with one attached hydrogen (secondary N) is 1. The van der Waals surface area contributed by atoms with E-state index in [1.165, 1.54) is 5.56 Å². The van der Waals surface area contributed by atoms with Crippen LogP contribution < -0.4 is 5.32 Å². The molecule has 0 aliphatic carbocycles. The molecule has 0 radical (unpaired) electrons. The summed E-state index contributed by atoms with van der Waals surface area (Å²) in [5, 5.41) is 4.19. The molecular formula is C22H22N4. The Balaban J connectivity index is 0.000000948. The van der Waals surface area contributed by atoms with Crippen LogP contribution in [-0.2, 0) is 0 Å². The molecule has 1 N–H and O–H groups in total. The van der Waals surface area contributed by atoms with Crippen molar-refractivity contribution in [2.24, 2.45) is 0 Å². The summed E-state index contributed by atoms with van der Waals surface area (Å²) in [6.07, 6.45) is 3.52. The molecule has 0 fully saturated rings. The third-order valence-corrected chi connectivity index (χ3v) is 3.96. The highest BCUT2D eigenvalue weighted by Gasteiger charge is 2.10. The van der Waals surface area contributed by atoms with Gasteiger partial charge in [0, 0.05) is 30.4 Å². The molecule has 26 heavy (non-hydrogen) atoms. The Morgan fingerprint density at radius 2 is 1.54 bits per heavy atom. The van der Waals surface area contributed by atoms with Crippen molar-refractivity contribution in [3.05, 3.63) is 73.1 Å². The van der Waals surface area contributed by atoms with Crippen molar-refractivity contribution in [3.8, 4) is 22.5 Å². The molecule has 0 atom stereocenters. The summed E-state index contributed by atoms with van der Waals surface area (Å²) in [6.45, 7) is 4.00. The fraction of sp³-hybridized carbons (Fsp3) is 0.136. The van der Waals surface area contributed by atoms with Crippen LogP contribution in [0.2, 0.25) is 0 Å². The van der Waals surface area contributed by atoms with Gasteiger partial charge in [0.2, 0.25) is 0 Å². The Morgan fingerprint density at radius 3 is 2.23 bits per heavy atom. The monoisotopic (exact) mass is 342 g/mol. The number of hydrogen-bond donors (Lipinski definition) is 1. The normalized spacial score (nSPS) is 10.1. The Bertz CT molecular complexity index is 983. The second-order valence-electron chi connectivity index (χ2n) is 5.49. The third-order valence-electron chi connectivity index (χ3n) is 3.96. The van der Waals surface area contributed by atoms with Gasteiger partial charge in [-0.1, -0.05) is 50.2 Å². The SMILES string of the molecule is CC.CNc1nc(-c2cccnc2)nc2ccc(-c3ccccc3)cc12. The van der Waals surface area contributed by atoms with Gasteiger partial charge in [0.1, 0.15) is 5.82 Å². The van der Waals surface area contributed by atoms with Crippen LogP contribution in [0, 0.1) is 0 Å². The van der Waals surface area contributed by atoms with Crippen LogP contribution in [0.1, 0.15) is 13.8 Å². The van der Waals surface area contributed by atoms with Crippen molar-refractivity contribution in [2.75, 3.05) is 12.4 Å². The second kappa shape index (κ2) is 8.21. The minimum Gasteiger partial charge on any atom is -0.373 e.